The summed E-state index contributed by atoms with van der Waals surface area (Å²) in [6.45, 7) is 0. The average molecular weight is 242 g/mol. The number of rotatable bonds is 2. The first-order valence-electron chi connectivity index (χ1n) is 4.99. The van der Waals surface area contributed by atoms with Crippen LogP contribution in [0.5, 0.6) is 0 Å². The van der Waals surface area contributed by atoms with Crippen LogP contribution in [-0.2, 0) is 0 Å². The molecule has 1 amide bonds. The van der Waals surface area contributed by atoms with Gasteiger partial charge in [0, 0.05) is 6.20 Å². The summed E-state index contributed by atoms with van der Waals surface area (Å²) in [5.74, 6) is -1.02. The molecule has 0 spiro atoms. The van der Waals surface area contributed by atoms with Gasteiger partial charge in [-0.25, -0.2) is 9.97 Å². The molecule has 2 aromatic rings. The van der Waals surface area contributed by atoms with E-state index in [0.29, 0.717) is 5.56 Å². The fourth-order valence-electron chi connectivity index (χ4n) is 1.25. The molecular formula is C12H7FN4O. The maximum absolute atomic E-state index is 12.8. The second-order valence-electron chi connectivity index (χ2n) is 3.34. The smallest absolute Gasteiger partial charge is 0.275 e. The third-order valence-electron chi connectivity index (χ3n) is 2.08. The van der Waals surface area contributed by atoms with Gasteiger partial charge in [-0.3, -0.25) is 4.79 Å². The highest BCUT2D eigenvalue weighted by Gasteiger charge is 2.08. The van der Waals surface area contributed by atoms with Crippen LogP contribution in [0.4, 0.5) is 10.2 Å². The molecule has 0 aliphatic carbocycles. The summed E-state index contributed by atoms with van der Waals surface area (Å²) in [7, 11) is 0. The predicted octanol–water partition coefficient (Wildman–Crippen LogP) is 1.74. The third kappa shape index (κ3) is 2.65. The number of aromatic nitrogens is 2. The fraction of sp³-hybridized carbons (Fsp3) is 0. The van der Waals surface area contributed by atoms with Crippen LogP contribution in [0.25, 0.3) is 0 Å². The molecule has 2 aromatic heterocycles. The topological polar surface area (TPSA) is 78.7 Å². The van der Waals surface area contributed by atoms with Crippen molar-refractivity contribution in [3.63, 3.8) is 0 Å². The van der Waals surface area contributed by atoms with Gasteiger partial charge in [0.2, 0.25) is 5.95 Å². The van der Waals surface area contributed by atoms with E-state index >= 15 is 0 Å². The Balaban J connectivity index is 2.14. The number of hydrogen-bond donors (Lipinski definition) is 1. The molecule has 2 rings (SSSR count). The van der Waals surface area contributed by atoms with Gasteiger partial charge in [-0.15, -0.1) is 0 Å². The number of nitrogens with zero attached hydrogens (tertiary/aromatic N) is 3. The first kappa shape index (κ1) is 11.7. The van der Waals surface area contributed by atoms with E-state index in [1.807, 2.05) is 6.07 Å². The van der Waals surface area contributed by atoms with Crippen LogP contribution < -0.4 is 5.32 Å². The zero-order valence-corrected chi connectivity index (χ0v) is 9.09. The Hall–Kier alpha value is -2.81. The normalized spacial score (nSPS) is 9.56. The lowest BCUT2D eigenvalue weighted by Crippen LogP contribution is -2.14. The molecule has 0 saturated heterocycles. The second-order valence-corrected chi connectivity index (χ2v) is 3.34. The van der Waals surface area contributed by atoms with Crippen molar-refractivity contribution < 1.29 is 9.18 Å². The zero-order chi connectivity index (χ0) is 13.0. The number of nitriles is 1. The Morgan fingerprint density at radius 2 is 2.17 bits per heavy atom. The van der Waals surface area contributed by atoms with E-state index in [1.165, 1.54) is 30.5 Å². The van der Waals surface area contributed by atoms with Crippen LogP contribution in [-0.4, -0.2) is 15.9 Å². The SMILES string of the molecule is N#Cc1ccc(NC(=O)c2cccc(F)n2)nc1. The van der Waals surface area contributed by atoms with Gasteiger partial charge in [0.1, 0.15) is 17.6 Å². The van der Waals surface area contributed by atoms with Gasteiger partial charge in [0.25, 0.3) is 5.91 Å². The quantitative estimate of drug-likeness (QED) is 0.813. The molecule has 1 N–H and O–H groups in total. The van der Waals surface area contributed by atoms with Crippen LogP contribution in [0, 0.1) is 17.3 Å². The van der Waals surface area contributed by atoms with Crippen molar-refractivity contribution in [2.45, 2.75) is 0 Å². The number of nitrogens with one attached hydrogen (secondary N) is 1. The molecule has 0 saturated carbocycles. The first-order valence-corrected chi connectivity index (χ1v) is 4.99. The molecule has 0 bridgehead atoms. The summed E-state index contributed by atoms with van der Waals surface area (Å²) >= 11 is 0. The monoisotopic (exact) mass is 242 g/mol. The van der Waals surface area contributed by atoms with Crippen LogP contribution in [0.3, 0.4) is 0 Å². The molecule has 0 unspecified atom stereocenters. The summed E-state index contributed by atoms with van der Waals surface area (Å²) in [6, 6.07) is 8.84. The molecule has 0 aliphatic heterocycles. The molecule has 0 atom stereocenters. The van der Waals surface area contributed by atoms with E-state index in [4.69, 9.17) is 5.26 Å². The summed E-state index contributed by atoms with van der Waals surface area (Å²) in [5.41, 5.74) is 0.345. The molecule has 5 nitrogen and oxygen atoms in total. The van der Waals surface area contributed by atoms with Crippen molar-refractivity contribution in [3.8, 4) is 6.07 Å². The van der Waals surface area contributed by atoms with Crippen molar-refractivity contribution in [2.24, 2.45) is 0 Å². The number of amides is 1. The molecule has 0 fully saturated rings. The highest BCUT2D eigenvalue weighted by atomic mass is 19.1. The van der Waals surface area contributed by atoms with E-state index in [2.05, 4.69) is 15.3 Å². The fourth-order valence-corrected chi connectivity index (χ4v) is 1.25. The molecule has 2 heterocycles. The van der Waals surface area contributed by atoms with Gasteiger partial charge in [-0.2, -0.15) is 9.65 Å². The number of carbonyl (C=O) groups is 1. The Labute approximate surface area is 102 Å². The minimum absolute atomic E-state index is 0.0406. The second kappa shape index (κ2) is 5.01. The Bertz CT molecular complexity index is 619. The van der Waals surface area contributed by atoms with E-state index in [9.17, 15) is 9.18 Å². The summed E-state index contributed by atoms with van der Waals surface area (Å²) < 4.78 is 12.8. The summed E-state index contributed by atoms with van der Waals surface area (Å²) in [6.07, 6.45) is 1.33. The van der Waals surface area contributed by atoms with Crippen molar-refractivity contribution in [1.29, 1.82) is 5.26 Å². The Morgan fingerprint density at radius 3 is 2.78 bits per heavy atom. The zero-order valence-electron chi connectivity index (χ0n) is 9.09. The van der Waals surface area contributed by atoms with E-state index in [1.54, 1.807) is 0 Å². The molecule has 88 valence electrons. The van der Waals surface area contributed by atoms with Crippen LogP contribution in [0.2, 0.25) is 0 Å². The van der Waals surface area contributed by atoms with E-state index < -0.39 is 11.9 Å². The molecule has 0 radical (unpaired) electrons. The largest absolute Gasteiger partial charge is 0.305 e. The Morgan fingerprint density at radius 1 is 1.33 bits per heavy atom. The van der Waals surface area contributed by atoms with Gasteiger partial charge in [0.15, 0.2) is 0 Å². The maximum atomic E-state index is 12.8. The number of hydrogen-bond acceptors (Lipinski definition) is 4. The van der Waals surface area contributed by atoms with Crippen LogP contribution in [0.15, 0.2) is 36.5 Å². The van der Waals surface area contributed by atoms with Crippen molar-refractivity contribution in [1.82, 2.24) is 9.97 Å². The third-order valence-corrected chi connectivity index (χ3v) is 2.08. The van der Waals surface area contributed by atoms with Crippen molar-refractivity contribution in [3.05, 3.63) is 53.7 Å². The lowest BCUT2D eigenvalue weighted by molar-refractivity contribution is 0.102. The maximum Gasteiger partial charge on any atom is 0.275 e. The minimum Gasteiger partial charge on any atom is -0.305 e. The van der Waals surface area contributed by atoms with Gasteiger partial charge in [-0.1, -0.05) is 6.07 Å². The molecule has 0 aromatic carbocycles. The average Bonchev–Trinajstić information content (AvgIpc) is 2.39. The van der Waals surface area contributed by atoms with Crippen molar-refractivity contribution in [2.75, 3.05) is 5.32 Å². The minimum atomic E-state index is -0.726. The number of halogens is 1. The molecular weight excluding hydrogens is 235 g/mol. The number of pyridine rings is 2. The Kier molecular flexibility index (Phi) is 3.25. The molecule has 6 heteroatoms. The highest BCUT2D eigenvalue weighted by molar-refractivity contribution is 6.02. The van der Waals surface area contributed by atoms with Crippen molar-refractivity contribution >= 4 is 11.7 Å². The van der Waals surface area contributed by atoms with E-state index in [0.717, 1.165) is 6.07 Å². The lowest BCUT2D eigenvalue weighted by atomic mass is 10.3. The van der Waals surface area contributed by atoms with Crippen LogP contribution in [0.1, 0.15) is 16.1 Å². The first-order chi connectivity index (χ1) is 8.69. The molecule has 18 heavy (non-hydrogen) atoms. The number of anilines is 1. The summed E-state index contributed by atoms with van der Waals surface area (Å²) in [4.78, 5) is 19.0. The van der Waals surface area contributed by atoms with E-state index in [-0.39, 0.29) is 11.5 Å². The van der Waals surface area contributed by atoms with Gasteiger partial charge >= 0.3 is 0 Å². The predicted molar refractivity (Wildman–Crippen MR) is 61.1 cm³/mol. The lowest BCUT2D eigenvalue weighted by Gasteiger charge is -2.03. The number of carbonyl (C=O) groups excluding carboxylic acids is 1. The highest BCUT2D eigenvalue weighted by Crippen LogP contribution is 2.06. The standard InChI is InChI=1S/C12H7FN4O/c13-10-3-1-2-9(16-10)12(18)17-11-5-4-8(6-14)7-15-11/h1-5,7H,(H,15,17,18). The van der Waals surface area contributed by atoms with Gasteiger partial charge < -0.3 is 5.32 Å². The van der Waals surface area contributed by atoms with Gasteiger partial charge in [-0.05, 0) is 24.3 Å². The molecule has 0 aliphatic rings. The van der Waals surface area contributed by atoms with Gasteiger partial charge in [0.05, 0.1) is 5.56 Å². The van der Waals surface area contributed by atoms with Crippen LogP contribution >= 0.6 is 0 Å². The summed E-state index contributed by atoms with van der Waals surface area (Å²) in [5, 5.41) is 11.0.